The first-order chi connectivity index (χ1) is 12.3. The zero-order valence-electron chi connectivity index (χ0n) is 13.3. The molecule has 1 fully saturated rings. The van der Waals surface area contributed by atoms with E-state index in [1.807, 2.05) is 0 Å². The van der Waals surface area contributed by atoms with Crippen LogP contribution in [0.3, 0.4) is 0 Å². The predicted molar refractivity (Wildman–Crippen MR) is 77.4 cm³/mol. The van der Waals surface area contributed by atoms with Gasteiger partial charge in [0.15, 0.2) is 5.54 Å². The minimum absolute atomic E-state index is 0.323. The molecule has 2 aliphatic rings. The first-order valence-corrected chi connectivity index (χ1v) is 7.25. The van der Waals surface area contributed by atoms with Crippen molar-refractivity contribution in [2.24, 2.45) is 5.10 Å². The van der Waals surface area contributed by atoms with Gasteiger partial charge in [-0.3, -0.25) is 4.79 Å². The molecule has 0 unspecified atom stereocenters. The second-order valence-electron chi connectivity index (χ2n) is 6.07. The molecule has 1 aromatic carbocycles. The minimum Gasteiger partial charge on any atom is -0.271 e. The summed E-state index contributed by atoms with van der Waals surface area (Å²) in [5.41, 5.74) is -5.94. The number of urea groups is 1. The van der Waals surface area contributed by atoms with Gasteiger partial charge < -0.3 is 0 Å². The fourth-order valence-electron chi connectivity index (χ4n) is 2.90. The Bertz CT molecular complexity index is 930. The topological polar surface area (TPSA) is 76.8 Å². The summed E-state index contributed by atoms with van der Waals surface area (Å²) in [7, 11) is 0. The smallest absolute Gasteiger partial charge is 0.271 e. The van der Waals surface area contributed by atoms with Gasteiger partial charge in [-0.25, -0.2) is 9.69 Å². The van der Waals surface area contributed by atoms with Crippen LogP contribution in [0.4, 0.5) is 36.8 Å². The lowest BCUT2D eigenvalue weighted by Gasteiger charge is -2.20. The van der Waals surface area contributed by atoms with Crippen LogP contribution >= 0.6 is 0 Å². The summed E-state index contributed by atoms with van der Waals surface area (Å²) >= 11 is 0. The normalized spacial score (nSPS) is 22.8. The standard InChI is InChI=1S/C15H8F6N4O2/c1-13-5-10(15(19,20)21)23-25(13)12(27)24(11(13)26)8-3-2-7(6-22)9(4-8)14(16,17)18/h2-4H,5H2,1H3/t13-/m1/s1. The highest BCUT2D eigenvalue weighted by atomic mass is 19.4. The number of hydrazone groups is 1. The number of rotatable bonds is 1. The van der Waals surface area contributed by atoms with Gasteiger partial charge in [-0.15, -0.1) is 0 Å². The van der Waals surface area contributed by atoms with Crippen LogP contribution < -0.4 is 4.90 Å². The van der Waals surface area contributed by atoms with E-state index in [9.17, 15) is 35.9 Å². The first kappa shape index (κ1) is 18.7. The molecule has 0 aromatic heterocycles. The summed E-state index contributed by atoms with van der Waals surface area (Å²) in [4.78, 5) is 25.3. The molecule has 0 N–H and O–H groups in total. The van der Waals surface area contributed by atoms with Gasteiger partial charge in [0.05, 0.1) is 22.9 Å². The number of nitrogens with zero attached hydrogens (tertiary/aromatic N) is 4. The zero-order chi connectivity index (χ0) is 20.4. The third kappa shape index (κ3) is 2.70. The molecule has 0 saturated carbocycles. The first-order valence-electron chi connectivity index (χ1n) is 7.25. The molecule has 0 aliphatic carbocycles. The van der Waals surface area contributed by atoms with Crippen molar-refractivity contribution < 1.29 is 35.9 Å². The van der Waals surface area contributed by atoms with Gasteiger partial charge in [-0.2, -0.15) is 41.7 Å². The largest absolute Gasteiger partial charge is 0.431 e. The third-order valence-electron chi connectivity index (χ3n) is 4.25. The van der Waals surface area contributed by atoms with Crippen molar-refractivity contribution >= 4 is 23.3 Å². The average Bonchev–Trinajstić information content (AvgIpc) is 3.00. The molecule has 27 heavy (non-hydrogen) atoms. The van der Waals surface area contributed by atoms with Crippen LogP contribution in [0.2, 0.25) is 0 Å². The van der Waals surface area contributed by atoms with E-state index in [-0.39, 0.29) is 0 Å². The summed E-state index contributed by atoms with van der Waals surface area (Å²) in [6, 6.07) is 2.17. The van der Waals surface area contributed by atoms with E-state index in [1.165, 1.54) is 6.07 Å². The van der Waals surface area contributed by atoms with Crippen LogP contribution in [0, 0.1) is 11.3 Å². The Morgan fingerprint density at radius 1 is 1.15 bits per heavy atom. The molecule has 6 nitrogen and oxygen atoms in total. The van der Waals surface area contributed by atoms with Crippen molar-refractivity contribution in [2.75, 3.05) is 4.90 Å². The highest BCUT2D eigenvalue weighted by Gasteiger charge is 2.62. The summed E-state index contributed by atoms with van der Waals surface area (Å²) < 4.78 is 77.8. The van der Waals surface area contributed by atoms with Gasteiger partial charge in [-0.05, 0) is 25.1 Å². The fraction of sp³-hybridized carbons (Fsp3) is 0.333. The highest BCUT2D eigenvalue weighted by molar-refractivity contribution is 6.25. The van der Waals surface area contributed by atoms with Crippen molar-refractivity contribution in [3.05, 3.63) is 29.3 Å². The van der Waals surface area contributed by atoms with Gasteiger partial charge in [0.2, 0.25) is 0 Å². The number of anilines is 1. The summed E-state index contributed by atoms with van der Waals surface area (Å²) in [6.45, 7) is 1.05. The molecule has 0 spiro atoms. The Kier molecular flexibility index (Phi) is 3.77. The molecule has 1 aromatic rings. The third-order valence-corrected chi connectivity index (χ3v) is 4.25. The molecule has 3 rings (SSSR count). The second kappa shape index (κ2) is 5.45. The number of carbonyl (C=O) groups excluding carboxylic acids is 2. The van der Waals surface area contributed by atoms with E-state index in [4.69, 9.17) is 5.26 Å². The van der Waals surface area contributed by atoms with Crippen molar-refractivity contribution in [1.29, 1.82) is 5.26 Å². The number of hydrogen-bond donors (Lipinski definition) is 0. The number of hydrogen-bond acceptors (Lipinski definition) is 4. The molecule has 0 radical (unpaired) electrons. The van der Waals surface area contributed by atoms with Crippen molar-refractivity contribution in [2.45, 2.75) is 31.2 Å². The molecule has 142 valence electrons. The maximum absolute atomic E-state index is 13.1. The van der Waals surface area contributed by atoms with Gasteiger partial charge in [-0.1, -0.05) is 0 Å². The number of carbonyl (C=O) groups is 2. The molecular weight excluding hydrogens is 382 g/mol. The van der Waals surface area contributed by atoms with Crippen molar-refractivity contribution in [3.8, 4) is 6.07 Å². The number of imide groups is 1. The lowest BCUT2D eigenvalue weighted by atomic mass is 9.95. The van der Waals surface area contributed by atoms with Gasteiger partial charge in [0.1, 0.15) is 5.71 Å². The van der Waals surface area contributed by atoms with E-state index in [2.05, 4.69) is 5.10 Å². The average molecular weight is 390 g/mol. The van der Waals surface area contributed by atoms with Crippen LogP contribution in [0.15, 0.2) is 23.3 Å². The molecule has 1 saturated heterocycles. The molecular formula is C15H8F6N4O2. The number of fused-ring (bicyclic) bond motifs is 1. The predicted octanol–water partition coefficient (Wildman–Crippen LogP) is 3.43. The monoisotopic (exact) mass is 390 g/mol. The number of nitriles is 1. The van der Waals surface area contributed by atoms with E-state index >= 15 is 0 Å². The minimum atomic E-state index is -4.94. The molecule has 3 amide bonds. The molecule has 0 bridgehead atoms. The zero-order valence-corrected chi connectivity index (χ0v) is 13.3. The Morgan fingerprint density at radius 2 is 1.78 bits per heavy atom. The SMILES string of the molecule is C[C@]12CC(C(F)(F)F)=NN1C(=O)N(c1ccc(C#N)c(C(F)(F)F)c1)C2=O. The van der Waals surface area contributed by atoms with E-state index in [0.29, 0.717) is 16.0 Å². The maximum Gasteiger partial charge on any atom is 0.431 e. The molecule has 1 atom stereocenters. The Morgan fingerprint density at radius 3 is 2.26 bits per heavy atom. The quantitative estimate of drug-likeness (QED) is 0.545. The molecule has 2 heterocycles. The van der Waals surface area contributed by atoms with Crippen molar-refractivity contribution in [1.82, 2.24) is 5.01 Å². The van der Waals surface area contributed by atoms with Crippen LogP contribution in [0.1, 0.15) is 24.5 Å². The van der Waals surface area contributed by atoms with Gasteiger partial charge >= 0.3 is 18.4 Å². The lowest BCUT2D eigenvalue weighted by molar-refractivity contribution is -0.137. The summed E-state index contributed by atoms with van der Waals surface area (Å²) in [6.07, 6.45) is -10.7. The summed E-state index contributed by atoms with van der Waals surface area (Å²) in [5, 5.41) is 12.3. The fourth-order valence-corrected chi connectivity index (χ4v) is 2.90. The van der Waals surface area contributed by atoms with E-state index in [0.717, 1.165) is 19.1 Å². The second-order valence-corrected chi connectivity index (χ2v) is 6.07. The lowest BCUT2D eigenvalue weighted by Crippen LogP contribution is -2.43. The Labute approximate surface area is 147 Å². The molecule has 2 aliphatic heterocycles. The van der Waals surface area contributed by atoms with Crippen LogP contribution in [0.5, 0.6) is 0 Å². The van der Waals surface area contributed by atoms with Crippen LogP contribution in [-0.4, -0.2) is 34.4 Å². The van der Waals surface area contributed by atoms with Crippen molar-refractivity contribution in [3.63, 3.8) is 0 Å². The maximum atomic E-state index is 13.1. The Balaban J connectivity index is 2.07. The van der Waals surface area contributed by atoms with Gasteiger partial charge in [0.25, 0.3) is 5.91 Å². The highest BCUT2D eigenvalue weighted by Crippen LogP contribution is 2.43. The van der Waals surface area contributed by atoms with Crippen LogP contribution in [-0.2, 0) is 11.0 Å². The van der Waals surface area contributed by atoms with Gasteiger partial charge in [0, 0.05) is 6.42 Å². The van der Waals surface area contributed by atoms with Crippen LogP contribution in [0.25, 0.3) is 0 Å². The number of amides is 3. The molecule has 12 heteroatoms. The van der Waals surface area contributed by atoms with E-state index in [1.54, 1.807) is 0 Å². The number of benzene rings is 1. The number of halogens is 6. The summed E-state index contributed by atoms with van der Waals surface area (Å²) in [5.74, 6) is -1.15. The van der Waals surface area contributed by atoms with E-state index < -0.39 is 58.8 Å². The number of alkyl halides is 6. The Hall–Kier alpha value is -3.10.